The lowest BCUT2D eigenvalue weighted by molar-refractivity contribution is 0.830. The summed E-state index contributed by atoms with van der Waals surface area (Å²) >= 11 is 9.17. The lowest BCUT2D eigenvalue weighted by Crippen LogP contribution is -1.99. The lowest BCUT2D eigenvalue weighted by atomic mass is 10.2. The number of hydrogen-bond donors (Lipinski definition) is 1. The fourth-order valence-corrected chi connectivity index (χ4v) is 3.30. The SMILES string of the molecule is CCCCNc1nnc(SCc2ccc(Cl)cc2)s1. The van der Waals surface area contributed by atoms with Crippen molar-refractivity contribution >= 4 is 39.8 Å². The van der Waals surface area contributed by atoms with Crippen LogP contribution in [0.25, 0.3) is 0 Å². The molecule has 19 heavy (non-hydrogen) atoms. The van der Waals surface area contributed by atoms with Gasteiger partial charge in [-0.05, 0) is 24.1 Å². The van der Waals surface area contributed by atoms with Crippen LogP contribution >= 0.6 is 34.7 Å². The molecule has 0 aliphatic heterocycles. The molecule has 1 aromatic carbocycles. The highest BCUT2D eigenvalue weighted by molar-refractivity contribution is 8.00. The van der Waals surface area contributed by atoms with Crippen LogP contribution < -0.4 is 5.32 Å². The van der Waals surface area contributed by atoms with Crippen molar-refractivity contribution in [2.24, 2.45) is 0 Å². The third-order valence-corrected chi connectivity index (χ3v) is 4.83. The van der Waals surface area contributed by atoms with Gasteiger partial charge in [0, 0.05) is 17.3 Å². The molecule has 0 aliphatic rings. The first-order valence-corrected chi connectivity index (χ1v) is 8.40. The molecular formula is C13H16ClN3S2. The summed E-state index contributed by atoms with van der Waals surface area (Å²) < 4.78 is 0.994. The van der Waals surface area contributed by atoms with E-state index >= 15 is 0 Å². The Morgan fingerprint density at radius 1 is 1.26 bits per heavy atom. The molecule has 0 aliphatic carbocycles. The monoisotopic (exact) mass is 313 g/mol. The largest absolute Gasteiger partial charge is 0.360 e. The summed E-state index contributed by atoms with van der Waals surface area (Å²) in [5, 5.41) is 13.3. The van der Waals surface area contributed by atoms with Crippen molar-refractivity contribution < 1.29 is 0 Å². The molecule has 1 heterocycles. The summed E-state index contributed by atoms with van der Waals surface area (Å²) in [6.45, 7) is 3.14. The van der Waals surface area contributed by atoms with Crippen LogP contribution in [-0.4, -0.2) is 16.7 Å². The molecule has 0 amide bonds. The van der Waals surface area contributed by atoms with Gasteiger partial charge in [0.15, 0.2) is 4.34 Å². The molecule has 1 aromatic heterocycles. The first kappa shape index (κ1) is 14.6. The quantitative estimate of drug-likeness (QED) is 0.594. The predicted octanol–water partition coefficient (Wildman–Crippen LogP) is 4.70. The zero-order valence-electron chi connectivity index (χ0n) is 10.7. The predicted molar refractivity (Wildman–Crippen MR) is 84.3 cm³/mol. The average molecular weight is 314 g/mol. The van der Waals surface area contributed by atoms with Gasteiger partial charge in [-0.1, -0.05) is 60.2 Å². The van der Waals surface area contributed by atoms with Crippen molar-refractivity contribution in [1.82, 2.24) is 10.2 Å². The molecule has 0 bridgehead atoms. The van der Waals surface area contributed by atoms with Gasteiger partial charge in [-0.25, -0.2) is 0 Å². The standard InChI is InChI=1S/C13H16ClN3S2/c1-2-3-8-15-12-16-17-13(19-12)18-9-10-4-6-11(14)7-5-10/h4-7H,2-3,8-9H2,1H3,(H,15,16). The Morgan fingerprint density at radius 3 is 2.79 bits per heavy atom. The highest BCUT2D eigenvalue weighted by atomic mass is 35.5. The summed E-state index contributed by atoms with van der Waals surface area (Å²) in [4.78, 5) is 0. The maximum absolute atomic E-state index is 5.86. The van der Waals surface area contributed by atoms with E-state index in [1.807, 2.05) is 24.3 Å². The van der Waals surface area contributed by atoms with E-state index in [0.717, 1.165) is 33.2 Å². The maximum Gasteiger partial charge on any atom is 0.206 e. The summed E-state index contributed by atoms with van der Waals surface area (Å²) in [5.74, 6) is 0.890. The van der Waals surface area contributed by atoms with Gasteiger partial charge < -0.3 is 5.32 Å². The second kappa shape index (κ2) is 7.72. The molecule has 2 aromatic rings. The van der Waals surface area contributed by atoms with Crippen molar-refractivity contribution in [2.75, 3.05) is 11.9 Å². The van der Waals surface area contributed by atoms with Gasteiger partial charge in [-0.15, -0.1) is 10.2 Å². The van der Waals surface area contributed by atoms with Gasteiger partial charge in [-0.2, -0.15) is 0 Å². The molecule has 102 valence electrons. The van der Waals surface area contributed by atoms with Crippen LogP contribution in [0.5, 0.6) is 0 Å². The Bertz CT molecular complexity index is 499. The summed E-state index contributed by atoms with van der Waals surface area (Å²) in [6, 6.07) is 7.90. The molecule has 3 nitrogen and oxygen atoms in total. The summed E-state index contributed by atoms with van der Waals surface area (Å²) in [6.07, 6.45) is 2.34. The van der Waals surface area contributed by atoms with Gasteiger partial charge in [-0.3, -0.25) is 0 Å². The number of nitrogens with zero attached hydrogens (tertiary/aromatic N) is 2. The lowest BCUT2D eigenvalue weighted by Gasteiger charge is -1.99. The minimum Gasteiger partial charge on any atom is -0.360 e. The molecule has 0 radical (unpaired) electrons. The van der Waals surface area contributed by atoms with Crippen LogP contribution in [-0.2, 0) is 5.75 Å². The smallest absolute Gasteiger partial charge is 0.206 e. The number of halogens is 1. The second-order valence-corrected chi connectivity index (χ2v) is 6.71. The van der Waals surface area contributed by atoms with E-state index in [0.29, 0.717) is 0 Å². The highest BCUT2D eigenvalue weighted by Gasteiger charge is 2.04. The third-order valence-electron chi connectivity index (χ3n) is 2.49. The summed E-state index contributed by atoms with van der Waals surface area (Å²) in [5.41, 5.74) is 1.24. The maximum atomic E-state index is 5.86. The van der Waals surface area contributed by atoms with E-state index in [9.17, 15) is 0 Å². The van der Waals surface area contributed by atoms with E-state index in [-0.39, 0.29) is 0 Å². The number of thioether (sulfide) groups is 1. The number of nitrogens with one attached hydrogen (secondary N) is 1. The molecule has 0 atom stereocenters. The van der Waals surface area contributed by atoms with E-state index in [1.54, 1.807) is 23.1 Å². The van der Waals surface area contributed by atoms with Crippen LogP contribution in [0.15, 0.2) is 28.6 Å². The molecular weight excluding hydrogens is 298 g/mol. The molecule has 0 spiro atoms. The fourth-order valence-electron chi connectivity index (χ4n) is 1.44. The normalized spacial score (nSPS) is 10.6. The number of rotatable bonds is 7. The Labute approximate surface area is 126 Å². The zero-order valence-corrected chi connectivity index (χ0v) is 13.1. The topological polar surface area (TPSA) is 37.8 Å². The molecule has 0 fully saturated rings. The Kier molecular flexibility index (Phi) is 5.94. The number of hydrogen-bond acceptors (Lipinski definition) is 5. The Hall–Kier alpha value is -0.780. The van der Waals surface area contributed by atoms with Gasteiger partial charge in [0.25, 0.3) is 0 Å². The van der Waals surface area contributed by atoms with Crippen molar-refractivity contribution in [2.45, 2.75) is 29.9 Å². The van der Waals surface area contributed by atoms with E-state index < -0.39 is 0 Å². The summed E-state index contributed by atoms with van der Waals surface area (Å²) in [7, 11) is 0. The Morgan fingerprint density at radius 2 is 2.05 bits per heavy atom. The van der Waals surface area contributed by atoms with Crippen molar-refractivity contribution in [3.05, 3.63) is 34.9 Å². The third kappa shape index (κ3) is 5.01. The first-order chi connectivity index (χ1) is 9.28. The average Bonchev–Trinajstić information content (AvgIpc) is 2.86. The van der Waals surface area contributed by atoms with Crippen molar-refractivity contribution in [1.29, 1.82) is 0 Å². The number of unbranched alkanes of at least 4 members (excludes halogenated alkanes) is 1. The van der Waals surface area contributed by atoms with Gasteiger partial charge in [0.1, 0.15) is 0 Å². The van der Waals surface area contributed by atoms with Crippen LogP contribution in [0.4, 0.5) is 5.13 Å². The van der Waals surface area contributed by atoms with Crippen molar-refractivity contribution in [3.8, 4) is 0 Å². The zero-order chi connectivity index (χ0) is 13.5. The first-order valence-electron chi connectivity index (χ1n) is 6.22. The number of anilines is 1. The molecule has 0 saturated heterocycles. The van der Waals surface area contributed by atoms with Gasteiger partial charge >= 0.3 is 0 Å². The molecule has 2 rings (SSSR count). The minimum absolute atomic E-state index is 0.770. The van der Waals surface area contributed by atoms with Crippen LogP contribution in [0.2, 0.25) is 5.02 Å². The second-order valence-electron chi connectivity index (χ2n) is 4.07. The van der Waals surface area contributed by atoms with Gasteiger partial charge in [0.2, 0.25) is 5.13 Å². The molecule has 0 unspecified atom stereocenters. The van der Waals surface area contributed by atoms with E-state index in [2.05, 4.69) is 22.4 Å². The van der Waals surface area contributed by atoms with Crippen molar-refractivity contribution in [3.63, 3.8) is 0 Å². The Balaban J connectivity index is 1.81. The molecule has 0 saturated carbocycles. The number of aromatic nitrogens is 2. The highest BCUT2D eigenvalue weighted by Crippen LogP contribution is 2.28. The van der Waals surface area contributed by atoms with Crippen LogP contribution in [0.1, 0.15) is 25.3 Å². The van der Waals surface area contributed by atoms with Gasteiger partial charge in [0.05, 0.1) is 0 Å². The number of benzene rings is 1. The van der Waals surface area contributed by atoms with Crippen LogP contribution in [0, 0.1) is 0 Å². The molecule has 6 heteroatoms. The van der Waals surface area contributed by atoms with Crippen LogP contribution in [0.3, 0.4) is 0 Å². The van der Waals surface area contributed by atoms with E-state index in [4.69, 9.17) is 11.6 Å². The minimum atomic E-state index is 0.770. The molecule has 1 N–H and O–H groups in total. The van der Waals surface area contributed by atoms with E-state index in [1.165, 1.54) is 12.0 Å². The fraction of sp³-hybridized carbons (Fsp3) is 0.385.